The minimum Gasteiger partial charge on any atom is -0.356 e. The molecule has 10 nitrogen and oxygen atoms in total. The Morgan fingerprint density at radius 1 is 1.02 bits per heavy atom. The van der Waals surface area contributed by atoms with Gasteiger partial charge in [-0.25, -0.2) is 4.79 Å². The maximum absolute atomic E-state index is 13.2. The number of aromatic nitrogens is 1. The largest absolute Gasteiger partial charge is 0.356 e. The zero-order valence-electron chi connectivity index (χ0n) is 23.5. The third-order valence-electron chi connectivity index (χ3n) is 8.22. The summed E-state index contributed by atoms with van der Waals surface area (Å²) in [5.41, 5.74) is 0.981. The lowest BCUT2D eigenvalue weighted by atomic mass is 9.92. The Balaban J connectivity index is 1.07. The smallest absolute Gasteiger partial charge is 0.315 e. The molecule has 4 heterocycles. The molecule has 0 aliphatic carbocycles. The van der Waals surface area contributed by atoms with Gasteiger partial charge in [-0.2, -0.15) is 11.8 Å². The number of likely N-dealkylation sites (tertiary alicyclic amines) is 1. The van der Waals surface area contributed by atoms with Crippen LogP contribution in [0.5, 0.6) is 0 Å². The van der Waals surface area contributed by atoms with E-state index in [1.807, 2.05) is 35.7 Å². The van der Waals surface area contributed by atoms with Crippen LogP contribution in [0.25, 0.3) is 0 Å². The molecule has 3 aliphatic rings. The third kappa shape index (κ3) is 8.59. The van der Waals surface area contributed by atoms with Crippen LogP contribution in [0.1, 0.15) is 82.6 Å². The Morgan fingerprint density at radius 3 is 2.52 bits per heavy atom. The summed E-state index contributed by atoms with van der Waals surface area (Å²) in [5.74, 6) is 0.760. The Kier molecular flexibility index (Phi) is 11.5. The van der Waals surface area contributed by atoms with Crippen LogP contribution in [-0.2, 0) is 14.4 Å². The molecule has 1 aromatic rings. The fraction of sp³-hybridized carbons (Fsp3) is 0.690. The highest BCUT2D eigenvalue weighted by Gasteiger charge is 2.42. The number of carbonyl (C=O) groups is 4. The van der Waals surface area contributed by atoms with E-state index in [9.17, 15) is 19.2 Å². The van der Waals surface area contributed by atoms with Crippen LogP contribution < -0.4 is 21.3 Å². The number of amides is 5. The maximum Gasteiger partial charge on any atom is 0.315 e. The Hall–Kier alpha value is -2.82. The topological polar surface area (TPSA) is 133 Å². The molecule has 220 valence electrons. The lowest BCUT2D eigenvalue weighted by Gasteiger charge is -2.28. The van der Waals surface area contributed by atoms with E-state index >= 15 is 0 Å². The van der Waals surface area contributed by atoms with Gasteiger partial charge < -0.3 is 26.2 Å². The standard InChI is InChI=1S/C29H44N6O4S/c1-20(21-12-15-30-16-13-21)26(28(38)35-17-7-8-18-35)33-25(37)11-3-2-6-14-31-24(36)10-5-4-9-23-27-22(19-40-23)32-29(39)34-27/h12-13,15-16,20,22-23,26-27H,2-11,14,17-19H2,1H3,(H,31,36)(H,33,37)(H2,32,34,39)/t20-,22-,23-,26+,27-/m0/s1. The second-order valence-corrected chi connectivity index (χ2v) is 12.4. The molecule has 3 fully saturated rings. The van der Waals surface area contributed by atoms with Crippen molar-refractivity contribution in [2.24, 2.45) is 0 Å². The molecule has 0 bridgehead atoms. The summed E-state index contributed by atoms with van der Waals surface area (Å²) in [7, 11) is 0. The number of hydrogen-bond acceptors (Lipinski definition) is 6. The van der Waals surface area contributed by atoms with Crippen molar-refractivity contribution in [1.29, 1.82) is 0 Å². The molecule has 4 rings (SSSR count). The highest BCUT2D eigenvalue weighted by molar-refractivity contribution is 8.00. The predicted octanol–water partition coefficient (Wildman–Crippen LogP) is 2.69. The van der Waals surface area contributed by atoms with E-state index in [1.54, 1.807) is 12.4 Å². The summed E-state index contributed by atoms with van der Waals surface area (Å²) in [6, 6.07) is 3.60. The van der Waals surface area contributed by atoms with Gasteiger partial charge in [0.05, 0.1) is 12.1 Å². The van der Waals surface area contributed by atoms with E-state index in [2.05, 4.69) is 26.3 Å². The van der Waals surface area contributed by atoms with Crippen LogP contribution in [0.2, 0.25) is 0 Å². The van der Waals surface area contributed by atoms with Crippen LogP contribution in [0.15, 0.2) is 24.5 Å². The number of nitrogens with one attached hydrogen (secondary N) is 4. The molecule has 0 spiro atoms. The van der Waals surface area contributed by atoms with Gasteiger partial charge in [0.1, 0.15) is 6.04 Å². The van der Waals surface area contributed by atoms with E-state index in [0.29, 0.717) is 31.1 Å². The van der Waals surface area contributed by atoms with E-state index in [1.165, 1.54) is 0 Å². The number of thioether (sulfide) groups is 1. The lowest BCUT2D eigenvalue weighted by molar-refractivity contribution is -0.136. The molecule has 1 aromatic heterocycles. The summed E-state index contributed by atoms with van der Waals surface area (Å²) >= 11 is 1.90. The fourth-order valence-corrected chi connectivity index (χ4v) is 7.36. The Bertz CT molecular complexity index is 1010. The van der Waals surface area contributed by atoms with Gasteiger partial charge in [-0.05, 0) is 56.2 Å². The first-order chi connectivity index (χ1) is 19.4. The van der Waals surface area contributed by atoms with Crippen molar-refractivity contribution >= 4 is 35.5 Å². The maximum atomic E-state index is 13.2. The monoisotopic (exact) mass is 572 g/mol. The number of rotatable bonds is 15. The number of pyridine rings is 1. The average Bonchev–Trinajstić information content (AvgIpc) is 3.70. The number of carbonyl (C=O) groups excluding carboxylic acids is 4. The van der Waals surface area contributed by atoms with Crippen molar-refractivity contribution in [3.05, 3.63) is 30.1 Å². The first-order valence-corrected chi connectivity index (χ1v) is 15.9. The molecule has 0 saturated carbocycles. The Morgan fingerprint density at radius 2 is 1.75 bits per heavy atom. The van der Waals surface area contributed by atoms with E-state index in [-0.39, 0.29) is 41.8 Å². The summed E-state index contributed by atoms with van der Waals surface area (Å²) in [6.45, 7) is 4.08. The van der Waals surface area contributed by atoms with Crippen LogP contribution in [0.3, 0.4) is 0 Å². The summed E-state index contributed by atoms with van der Waals surface area (Å²) in [4.78, 5) is 55.6. The summed E-state index contributed by atoms with van der Waals surface area (Å²) in [5, 5.41) is 12.4. The first-order valence-electron chi connectivity index (χ1n) is 14.9. The third-order valence-corrected chi connectivity index (χ3v) is 9.72. The van der Waals surface area contributed by atoms with E-state index < -0.39 is 6.04 Å². The van der Waals surface area contributed by atoms with Crippen molar-refractivity contribution in [1.82, 2.24) is 31.2 Å². The zero-order chi connectivity index (χ0) is 28.3. The molecule has 4 N–H and O–H groups in total. The van der Waals surface area contributed by atoms with E-state index in [4.69, 9.17) is 0 Å². The normalized spacial score (nSPS) is 23.2. The first kappa shape index (κ1) is 30.1. The van der Waals surface area contributed by atoms with Crippen LogP contribution in [0, 0.1) is 0 Å². The van der Waals surface area contributed by atoms with Gasteiger partial charge >= 0.3 is 6.03 Å². The summed E-state index contributed by atoms with van der Waals surface area (Å²) < 4.78 is 0. The van der Waals surface area contributed by atoms with Crippen molar-refractivity contribution in [2.75, 3.05) is 25.4 Å². The molecule has 5 amide bonds. The van der Waals surface area contributed by atoms with Gasteiger partial charge in [-0.3, -0.25) is 19.4 Å². The van der Waals surface area contributed by atoms with Gasteiger partial charge in [0.15, 0.2) is 0 Å². The van der Waals surface area contributed by atoms with Crippen molar-refractivity contribution in [3.8, 4) is 0 Å². The number of urea groups is 1. The van der Waals surface area contributed by atoms with Crippen LogP contribution >= 0.6 is 11.8 Å². The summed E-state index contributed by atoms with van der Waals surface area (Å²) in [6.07, 6.45) is 11.5. The number of fused-ring (bicyclic) bond motifs is 1. The number of hydrogen-bond donors (Lipinski definition) is 4. The second-order valence-electron chi connectivity index (χ2n) is 11.2. The highest BCUT2D eigenvalue weighted by atomic mass is 32.2. The van der Waals surface area contributed by atoms with E-state index in [0.717, 1.165) is 69.4 Å². The lowest BCUT2D eigenvalue weighted by Crippen LogP contribution is -2.50. The van der Waals surface area contributed by atoms with Gasteiger partial charge in [-0.1, -0.05) is 19.8 Å². The molecule has 3 aliphatic heterocycles. The molecule has 11 heteroatoms. The van der Waals surface area contributed by atoms with Crippen molar-refractivity contribution < 1.29 is 19.2 Å². The van der Waals surface area contributed by atoms with Crippen molar-refractivity contribution in [3.63, 3.8) is 0 Å². The predicted molar refractivity (Wildman–Crippen MR) is 156 cm³/mol. The molecule has 3 saturated heterocycles. The molecule has 40 heavy (non-hydrogen) atoms. The SMILES string of the molecule is C[C@@H](c1ccncc1)[C@@H](NC(=O)CCCCCNC(=O)CCCC[C@@H]1SC[C@@H]2NC(=O)N[C@@H]21)C(=O)N1CCCC1. The van der Waals surface area contributed by atoms with Crippen LogP contribution in [-0.4, -0.2) is 82.4 Å². The van der Waals surface area contributed by atoms with Crippen LogP contribution in [0.4, 0.5) is 4.79 Å². The zero-order valence-corrected chi connectivity index (χ0v) is 24.3. The van der Waals surface area contributed by atoms with Gasteiger partial charge in [0.25, 0.3) is 0 Å². The molecule has 0 unspecified atom stereocenters. The number of unbranched alkanes of at least 4 members (excludes halogenated alkanes) is 3. The molecular formula is C29H44N6O4S. The Labute approximate surface area is 241 Å². The minimum atomic E-state index is -0.588. The van der Waals surface area contributed by atoms with Gasteiger partial charge in [0, 0.05) is 61.8 Å². The minimum absolute atomic E-state index is 0.00798. The molecular weight excluding hydrogens is 528 g/mol. The number of nitrogens with zero attached hydrogens (tertiary/aromatic N) is 2. The second kappa shape index (κ2) is 15.3. The average molecular weight is 573 g/mol. The van der Waals surface area contributed by atoms with Crippen molar-refractivity contribution in [2.45, 2.75) is 100 Å². The fourth-order valence-electron chi connectivity index (χ4n) is 5.82. The molecule has 0 aromatic carbocycles. The van der Waals surface area contributed by atoms with Gasteiger partial charge in [0.2, 0.25) is 17.7 Å². The molecule has 0 radical (unpaired) electrons. The van der Waals surface area contributed by atoms with Gasteiger partial charge in [-0.15, -0.1) is 0 Å². The molecule has 5 atom stereocenters. The highest BCUT2D eigenvalue weighted by Crippen LogP contribution is 2.33. The quantitative estimate of drug-likeness (QED) is 0.189.